The highest BCUT2D eigenvalue weighted by Gasteiger charge is 1.92. The van der Waals surface area contributed by atoms with Gasteiger partial charge < -0.3 is 11.0 Å². The molecule has 1 aromatic rings. The lowest BCUT2D eigenvalue weighted by molar-refractivity contribution is 0.629. The van der Waals surface area contributed by atoms with Crippen molar-refractivity contribution in [1.82, 2.24) is 0 Å². The Hall–Kier alpha value is -0.575. The fraction of sp³-hybridized carbons (Fsp3) is 0. The van der Waals surface area contributed by atoms with E-state index in [9.17, 15) is 4.39 Å². The number of rotatable bonds is 0. The van der Waals surface area contributed by atoms with Crippen molar-refractivity contribution in [1.29, 1.82) is 0 Å². The standard InChI is InChI=1S/C6H5BClF.2H2O/c7-4-1-5(8)3-6(9)2-4;;/h1-3H,7H2;2*1H2. The molecule has 5 heteroatoms. The minimum Gasteiger partial charge on any atom is -0.412 e. The lowest BCUT2D eigenvalue weighted by Crippen LogP contribution is -2.01. The van der Waals surface area contributed by atoms with E-state index in [2.05, 4.69) is 0 Å². The average molecular weight is 178 g/mol. The van der Waals surface area contributed by atoms with Gasteiger partial charge in [-0.2, -0.15) is 0 Å². The predicted molar refractivity (Wildman–Crippen MR) is 46.8 cm³/mol. The fourth-order valence-electron chi connectivity index (χ4n) is 0.692. The van der Waals surface area contributed by atoms with Gasteiger partial charge in [0, 0.05) is 5.02 Å². The molecular weight excluding hydrogens is 169 g/mol. The van der Waals surface area contributed by atoms with Crippen molar-refractivity contribution in [3.05, 3.63) is 29.0 Å². The van der Waals surface area contributed by atoms with Crippen LogP contribution in [0.5, 0.6) is 0 Å². The molecule has 0 saturated carbocycles. The lowest BCUT2D eigenvalue weighted by atomic mass is 9.97. The molecular formula is C6H9BClFO2. The van der Waals surface area contributed by atoms with Crippen LogP contribution in [0.1, 0.15) is 0 Å². The Balaban J connectivity index is 0. The Morgan fingerprint density at radius 2 is 1.73 bits per heavy atom. The molecule has 0 amide bonds. The molecule has 0 aliphatic heterocycles. The summed E-state index contributed by atoms with van der Waals surface area (Å²) in [5.41, 5.74) is 0.847. The molecule has 4 N–H and O–H groups in total. The summed E-state index contributed by atoms with van der Waals surface area (Å²) in [4.78, 5) is 0. The van der Waals surface area contributed by atoms with Gasteiger partial charge in [0.2, 0.25) is 0 Å². The van der Waals surface area contributed by atoms with Gasteiger partial charge in [-0.1, -0.05) is 17.1 Å². The van der Waals surface area contributed by atoms with Crippen LogP contribution in [0.2, 0.25) is 5.02 Å². The Morgan fingerprint density at radius 3 is 2.09 bits per heavy atom. The molecule has 62 valence electrons. The zero-order valence-corrected chi connectivity index (χ0v) is 6.74. The first-order chi connectivity index (χ1) is 4.18. The van der Waals surface area contributed by atoms with Crippen LogP contribution in [0.4, 0.5) is 4.39 Å². The van der Waals surface area contributed by atoms with Crippen LogP contribution in [0.15, 0.2) is 18.2 Å². The van der Waals surface area contributed by atoms with E-state index in [1.807, 2.05) is 0 Å². The average Bonchev–Trinajstić information content (AvgIpc) is 1.59. The van der Waals surface area contributed by atoms with Gasteiger partial charge in [0.1, 0.15) is 13.7 Å². The lowest BCUT2D eigenvalue weighted by Gasteiger charge is -1.92. The highest BCUT2D eigenvalue weighted by molar-refractivity contribution is 6.36. The topological polar surface area (TPSA) is 63.0 Å². The van der Waals surface area contributed by atoms with Crippen molar-refractivity contribution in [3.8, 4) is 0 Å². The Bertz CT molecular complexity index is 181. The van der Waals surface area contributed by atoms with Crippen LogP contribution in [-0.2, 0) is 0 Å². The molecule has 0 radical (unpaired) electrons. The number of halogens is 2. The van der Waals surface area contributed by atoms with E-state index in [0.717, 1.165) is 5.46 Å². The first-order valence-corrected chi connectivity index (χ1v) is 2.99. The summed E-state index contributed by atoms with van der Waals surface area (Å²) < 4.78 is 12.3. The maximum atomic E-state index is 12.3. The molecule has 2 nitrogen and oxygen atoms in total. The molecule has 0 aliphatic carbocycles. The van der Waals surface area contributed by atoms with Crippen LogP contribution >= 0.6 is 11.6 Å². The predicted octanol–water partition coefficient (Wildman–Crippen LogP) is -0.912. The molecule has 0 saturated heterocycles. The Labute approximate surface area is 70.0 Å². The van der Waals surface area contributed by atoms with Crippen molar-refractivity contribution in [2.24, 2.45) is 0 Å². The van der Waals surface area contributed by atoms with Crippen molar-refractivity contribution >= 4 is 24.9 Å². The first kappa shape index (κ1) is 13.0. The van der Waals surface area contributed by atoms with Gasteiger partial charge in [-0.25, -0.2) is 4.39 Å². The summed E-state index contributed by atoms with van der Waals surface area (Å²) in [5.74, 6) is -0.278. The van der Waals surface area contributed by atoms with Gasteiger partial charge in [0.25, 0.3) is 0 Å². The molecule has 0 unspecified atom stereocenters. The second-order valence-corrected chi connectivity index (χ2v) is 2.38. The van der Waals surface area contributed by atoms with Gasteiger partial charge in [-0.3, -0.25) is 0 Å². The fourth-order valence-corrected chi connectivity index (χ4v) is 0.968. The summed E-state index contributed by atoms with van der Waals surface area (Å²) in [6, 6.07) is 4.44. The third-order valence-electron chi connectivity index (χ3n) is 1.01. The monoisotopic (exact) mass is 178 g/mol. The molecule has 1 aromatic carbocycles. The molecule has 0 atom stereocenters. The molecule has 0 aromatic heterocycles. The zero-order valence-electron chi connectivity index (χ0n) is 5.99. The van der Waals surface area contributed by atoms with E-state index in [4.69, 9.17) is 11.6 Å². The van der Waals surface area contributed by atoms with Gasteiger partial charge in [-0.15, -0.1) is 0 Å². The second-order valence-electron chi connectivity index (χ2n) is 1.95. The zero-order chi connectivity index (χ0) is 6.85. The minimum absolute atomic E-state index is 0. The van der Waals surface area contributed by atoms with E-state index in [1.165, 1.54) is 12.1 Å². The number of benzene rings is 1. The summed E-state index contributed by atoms with van der Waals surface area (Å²) in [6.07, 6.45) is 0. The van der Waals surface area contributed by atoms with Crippen molar-refractivity contribution in [2.45, 2.75) is 0 Å². The second kappa shape index (κ2) is 5.13. The van der Waals surface area contributed by atoms with E-state index >= 15 is 0 Å². The summed E-state index contributed by atoms with van der Waals surface area (Å²) in [6.45, 7) is 0. The molecule has 0 heterocycles. The van der Waals surface area contributed by atoms with Crippen LogP contribution in [0, 0.1) is 5.82 Å². The summed E-state index contributed by atoms with van der Waals surface area (Å²) >= 11 is 5.51. The Morgan fingerprint density at radius 1 is 1.18 bits per heavy atom. The largest absolute Gasteiger partial charge is 0.412 e. The van der Waals surface area contributed by atoms with Crippen molar-refractivity contribution in [3.63, 3.8) is 0 Å². The van der Waals surface area contributed by atoms with E-state index in [0.29, 0.717) is 5.02 Å². The van der Waals surface area contributed by atoms with Crippen molar-refractivity contribution < 1.29 is 15.3 Å². The molecule has 1 rings (SSSR count). The third kappa shape index (κ3) is 3.98. The van der Waals surface area contributed by atoms with Crippen LogP contribution in [0.3, 0.4) is 0 Å². The normalized spacial score (nSPS) is 7.82. The number of hydrogen-bond donors (Lipinski definition) is 0. The van der Waals surface area contributed by atoms with Gasteiger partial charge in [0.15, 0.2) is 0 Å². The first-order valence-electron chi connectivity index (χ1n) is 2.61. The quantitative estimate of drug-likeness (QED) is 0.462. The Kier molecular flexibility index (Phi) is 6.08. The summed E-state index contributed by atoms with van der Waals surface area (Å²) in [5, 5.41) is 0.451. The number of hydrogen-bond acceptors (Lipinski definition) is 0. The molecule has 0 spiro atoms. The van der Waals surface area contributed by atoms with Gasteiger partial charge in [0.05, 0.1) is 0 Å². The van der Waals surface area contributed by atoms with Gasteiger partial charge in [-0.05, 0) is 18.2 Å². The van der Waals surface area contributed by atoms with Gasteiger partial charge >= 0.3 is 0 Å². The molecule has 0 bridgehead atoms. The van der Waals surface area contributed by atoms with Crippen molar-refractivity contribution in [2.75, 3.05) is 0 Å². The van der Waals surface area contributed by atoms with E-state index in [-0.39, 0.29) is 16.8 Å². The SMILES string of the molecule is Bc1cc(F)cc(Cl)c1.O.O. The van der Waals surface area contributed by atoms with Crippen LogP contribution < -0.4 is 5.46 Å². The molecule has 0 fully saturated rings. The smallest absolute Gasteiger partial charge is 0.139 e. The van der Waals surface area contributed by atoms with E-state index < -0.39 is 0 Å². The van der Waals surface area contributed by atoms with Crippen LogP contribution in [0.25, 0.3) is 0 Å². The summed E-state index contributed by atoms with van der Waals surface area (Å²) in [7, 11) is 1.80. The third-order valence-corrected chi connectivity index (χ3v) is 1.23. The highest BCUT2D eigenvalue weighted by atomic mass is 35.5. The van der Waals surface area contributed by atoms with Crippen LogP contribution in [-0.4, -0.2) is 18.8 Å². The molecule has 11 heavy (non-hydrogen) atoms. The highest BCUT2D eigenvalue weighted by Crippen LogP contribution is 2.06. The minimum atomic E-state index is -0.278. The van der Waals surface area contributed by atoms with E-state index in [1.54, 1.807) is 13.9 Å². The maximum absolute atomic E-state index is 12.3. The maximum Gasteiger partial charge on any atom is 0.139 e. The molecule has 0 aliphatic rings.